The van der Waals surface area contributed by atoms with Crippen molar-refractivity contribution in [3.05, 3.63) is 0 Å². The van der Waals surface area contributed by atoms with Gasteiger partial charge in [0.15, 0.2) is 0 Å². The van der Waals surface area contributed by atoms with E-state index in [9.17, 15) is 24.0 Å². The number of amides is 4. The van der Waals surface area contributed by atoms with Crippen LogP contribution in [0.15, 0.2) is 0 Å². The zero-order valence-electron chi connectivity index (χ0n) is 15.4. The predicted molar refractivity (Wildman–Crippen MR) is 99.6 cm³/mol. The Kier molecular flexibility index (Phi) is 10.4. The van der Waals surface area contributed by atoms with Crippen LogP contribution in [0.25, 0.3) is 0 Å². The van der Waals surface area contributed by atoms with Gasteiger partial charge in [-0.1, -0.05) is 13.8 Å². The molecule has 8 N–H and O–H groups in total. The highest BCUT2D eigenvalue weighted by atomic mass is 32.1. The first-order valence-corrected chi connectivity index (χ1v) is 8.82. The number of primary amides is 1. The number of nitrogens with two attached hydrogens (primary N) is 2. The second-order valence-electron chi connectivity index (χ2n) is 6.32. The summed E-state index contributed by atoms with van der Waals surface area (Å²) >= 11 is 3.99. The summed E-state index contributed by atoms with van der Waals surface area (Å²) in [6.07, 6.45) is -0.392. The van der Waals surface area contributed by atoms with Crippen LogP contribution in [0.1, 0.15) is 27.2 Å². The Morgan fingerprint density at radius 2 is 1.52 bits per heavy atom. The number of nitrogens with one attached hydrogen (secondary N) is 3. The summed E-state index contributed by atoms with van der Waals surface area (Å²) < 4.78 is 0. The summed E-state index contributed by atoms with van der Waals surface area (Å²) in [5.74, 6) is -4.60. The van der Waals surface area contributed by atoms with Crippen LogP contribution in [0, 0.1) is 5.92 Å². The Bertz CT molecular complexity index is 585. The molecule has 154 valence electrons. The minimum absolute atomic E-state index is 0.0984. The molecule has 0 aliphatic rings. The van der Waals surface area contributed by atoms with Gasteiger partial charge in [0.05, 0.1) is 12.5 Å². The molecule has 27 heavy (non-hydrogen) atoms. The first-order valence-electron chi connectivity index (χ1n) is 8.19. The van der Waals surface area contributed by atoms with E-state index in [-0.39, 0.29) is 11.7 Å². The number of carbonyl (C=O) groups excluding carboxylic acids is 4. The fraction of sp³-hybridized carbons (Fsp3) is 0.667. The fourth-order valence-electron chi connectivity index (χ4n) is 1.94. The van der Waals surface area contributed by atoms with Gasteiger partial charge in [0, 0.05) is 5.75 Å². The van der Waals surface area contributed by atoms with Gasteiger partial charge in [0.2, 0.25) is 23.6 Å². The van der Waals surface area contributed by atoms with Crippen LogP contribution < -0.4 is 27.4 Å². The minimum atomic E-state index is -1.22. The smallest absolute Gasteiger partial charge is 0.325 e. The fourth-order valence-corrected chi connectivity index (χ4v) is 2.19. The van der Waals surface area contributed by atoms with Crippen molar-refractivity contribution in [1.82, 2.24) is 16.0 Å². The summed E-state index contributed by atoms with van der Waals surface area (Å²) in [4.78, 5) is 58.2. The molecule has 0 aromatic rings. The molecule has 0 saturated heterocycles. The van der Waals surface area contributed by atoms with E-state index in [4.69, 9.17) is 16.6 Å². The van der Waals surface area contributed by atoms with Crippen molar-refractivity contribution in [3.63, 3.8) is 0 Å². The van der Waals surface area contributed by atoms with Crippen LogP contribution in [-0.4, -0.2) is 64.6 Å². The third-order valence-corrected chi connectivity index (χ3v) is 3.91. The average molecular weight is 405 g/mol. The number of aliphatic carboxylic acids is 1. The Morgan fingerprint density at radius 3 is 1.93 bits per heavy atom. The zero-order chi connectivity index (χ0) is 21.3. The molecule has 11 nitrogen and oxygen atoms in total. The Balaban J connectivity index is 5.02. The van der Waals surface area contributed by atoms with Crippen LogP contribution in [-0.2, 0) is 24.0 Å². The molecule has 0 aromatic carbocycles. The van der Waals surface area contributed by atoms with E-state index in [0.29, 0.717) is 0 Å². The van der Waals surface area contributed by atoms with E-state index < -0.39 is 60.2 Å². The molecule has 0 heterocycles. The number of hydrogen-bond acceptors (Lipinski definition) is 7. The van der Waals surface area contributed by atoms with Crippen LogP contribution >= 0.6 is 12.6 Å². The molecule has 0 aromatic heterocycles. The van der Waals surface area contributed by atoms with Crippen molar-refractivity contribution >= 4 is 42.2 Å². The number of carbonyl (C=O) groups is 5. The van der Waals surface area contributed by atoms with Gasteiger partial charge >= 0.3 is 5.97 Å². The maximum absolute atomic E-state index is 12.4. The molecule has 0 fully saturated rings. The van der Waals surface area contributed by atoms with Crippen LogP contribution in [0.5, 0.6) is 0 Å². The van der Waals surface area contributed by atoms with E-state index in [1.165, 1.54) is 6.92 Å². The molecule has 12 heteroatoms. The summed E-state index contributed by atoms with van der Waals surface area (Å²) in [6.45, 7) is 4.61. The number of thiol groups is 1. The van der Waals surface area contributed by atoms with Crippen molar-refractivity contribution in [2.75, 3.05) is 5.75 Å². The summed E-state index contributed by atoms with van der Waals surface area (Å²) in [5.41, 5.74) is 10.5. The van der Waals surface area contributed by atoms with Gasteiger partial charge in [-0.15, -0.1) is 0 Å². The lowest BCUT2D eigenvalue weighted by Gasteiger charge is -2.26. The monoisotopic (exact) mass is 405 g/mol. The van der Waals surface area contributed by atoms with E-state index in [0.717, 1.165) is 0 Å². The Morgan fingerprint density at radius 1 is 0.963 bits per heavy atom. The van der Waals surface area contributed by atoms with Crippen molar-refractivity contribution in [3.8, 4) is 0 Å². The highest BCUT2D eigenvalue weighted by Crippen LogP contribution is 2.04. The normalized spacial score (nSPS) is 15.2. The molecular weight excluding hydrogens is 378 g/mol. The third kappa shape index (κ3) is 8.73. The SMILES string of the molecule is CC(NC(=O)C(NC(=O)C(CS)NC(=O)C(N)CC(N)=O)C(C)C)C(=O)O. The van der Waals surface area contributed by atoms with Crippen molar-refractivity contribution in [2.45, 2.75) is 51.4 Å². The summed E-state index contributed by atoms with van der Waals surface area (Å²) in [7, 11) is 0. The standard InChI is InChI=1S/C15H27N5O6S/c1-6(2)11(14(24)18-7(3)15(25)26)20-13(23)9(5-27)19-12(22)8(16)4-10(17)21/h6-9,11,27H,4-5,16H2,1-3H3,(H2,17,21)(H,18,24)(H,19,22)(H,20,23)(H,25,26). The number of carboxylic acids is 1. The molecule has 0 aliphatic heterocycles. The average Bonchev–Trinajstić information content (AvgIpc) is 2.55. The van der Waals surface area contributed by atoms with Crippen LogP contribution in [0.3, 0.4) is 0 Å². The largest absolute Gasteiger partial charge is 0.480 e. The number of carboxylic acid groups (broad SMARTS) is 1. The lowest BCUT2D eigenvalue weighted by Crippen LogP contribution is -2.58. The van der Waals surface area contributed by atoms with Gasteiger partial charge in [-0.2, -0.15) is 12.6 Å². The molecule has 4 atom stereocenters. The number of rotatable bonds is 11. The van der Waals surface area contributed by atoms with Crippen LogP contribution in [0.2, 0.25) is 0 Å². The predicted octanol–water partition coefficient (Wildman–Crippen LogP) is -2.67. The van der Waals surface area contributed by atoms with Crippen molar-refractivity contribution in [2.24, 2.45) is 17.4 Å². The lowest BCUT2D eigenvalue weighted by atomic mass is 10.0. The molecule has 0 rings (SSSR count). The molecule has 0 radical (unpaired) electrons. The maximum atomic E-state index is 12.4. The molecule has 4 unspecified atom stereocenters. The van der Waals surface area contributed by atoms with E-state index >= 15 is 0 Å². The second kappa shape index (κ2) is 11.4. The van der Waals surface area contributed by atoms with Crippen LogP contribution in [0.4, 0.5) is 0 Å². The molecule has 0 spiro atoms. The highest BCUT2D eigenvalue weighted by molar-refractivity contribution is 7.80. The van der Waals surface area contributed by atoms with Gasteiger partial charge in [0.25, 0.3) is 0 Å². The third-order valence-electron chi connectivity index (χ3n) is 3.55. The van der Waals surface area contributed by atoms with Gasteiger partial charge < -0.3 is 32.5 Å². The quantitative estimate of drug-likeness (QED) is 0.182. The van der Waals surface area contributed by atoms with Gasteiger partial charge in [-0.25, -0.2) is 0 Å². The second-order valence-corrected chi connectivity index (χ2v) is 6.68. The Hall–Kier alpha value is -2.34. The molecule has 0 saturated carbocycles. The molecule has 4 amide bonds. The summed E-state index contributed by atoms with van der Waals surface area (Å²) in [5, 5.41) is 15.9. The van der Waals surface area contributed by atoms with E-state index in [2.05, 4.69) is 28.6 Å². The zero-order valence-corrected chi connectivity index (χ0v) is 16.3. The molecular formula is C15H27N5O6S. The maximum Gasteiger partial charge on any atom is 0.325 e. The van der Waals surface area contributed by atoms with Crippen molar-refractivity contribution < 1.29 is 29.1 Å². The Labute approximate surface area is 162 Å². The topological polar surface area (TPSA) is 194 Å². The highest BCUT2D eigenvalue weighted by Gasteiger charge is 2.30. The first-order chi connectivity index (χ1) is 12.4. The first kappa shape index (κ1) is 24.7. The van der Waals surface area contributed by atoms with Crippen molar-refractivity contribution in [1.29, 1.82) is 0 Å². The van der Waals surface area contributed by atoms with Gasteiger partial charge in [0.1, 0.15) is 18.1 Å². The summed E-state index contributed by atoms with van der Waals surface area (Å²) in [6, 6.07) is -4.51. The van der Waals surface area contributed by atoms with E-state index in [1.807, 2.05) is 0 Å². The molecule has 0 bridgehead atoms. The minimum Gasteiger partial charge on any atom is -0.480 e. The molecule has 0 aliphatic carbocycles. The lowest BCUT2D eigenvalue weighted by molar-refractivity contribution is -0.142. The van der Waals surface area contributed by atoms with Gasteiger partial charge in [-0.3, -0.25) is 24.0 Å². The number of hydrogen-bond donors (Lipinski definition) is 7. The van der Waals surface area contributed by atoms with Gasteiger partial charge in [-0.05, 0) is 12.8 Å². The van der Waals surface area contributed by atoms with E-state index in [1.54, 1.807) is 13.8 Å².